The quantitative estimate of drug-likeness (QED) is 0.493. The van der Waals surface area contributed by atoms with Crippen molar-refractivity contribution < 1.29 is 4.74 Å². The minimum Gasteiger partial charge on any atom is -0.496 e. The molecule has 0 aliphatic heterocycles. The molecule has 2 rings (SSSR count). The highest BCUT2D eigenvalue weighted by molar-refractivity contribution is 9.10. The predicted octanol–water partition coefficient (Wildman–Crippen LogP) is 1.94. The van der Waals surface area contributed by atoms with E-state index in [9.17, 15) is 0 Å². The van der Waals surface area contributed by atoms with Gasteiger partial charge in [0, 0.05) is 10.0 Å². The first-order valence-corrected chi connectivity index (χ1v) is 6.21. The van der Waals surface area contributed by atoms with Crippen molar-refractivity contribution in [1.82, 2.24) is 14.9 Å². The Morgan fingerprint density at radius 2 is 2.20 bits per heavy atom. The molecule has 7 nitrogen and oxygen atoms in total. The number of methoxy groups -OCH3 is 1. The normalized spacial score (nSPS) is 10.3. The molecule has 0 fully saturated rings. The third kappa shape index (κ3) is 3.61. The topological polar surface area (TPSA) is 90.3 Å². The van der Waals surface area contributed by atoms with Gasteiger partial charge in [-0.05, 0) is 25.1 Å². The number of nitrogens with two attached hydrogens (primary N) is 1. The van der Waals surface area contributed by atoms with Crippen molar-refractivity contribution in [2.75, 3.05) is 18.4 Å². The summed E-state index contributed by atoms with van der Waals surface area (Å²) >= 11 is 3.39. The van der Waals surface area contributed by atoms with Gasteiger partial charge < -0.3 is 10.6 Å². The van der Waals surface area contributed by atoms with Gasteiger partial charge >= 0.3 is 0 Å². The first-order chi connectivity index (χ1) is 9.11. The SMILES string of the molecule is COc1ccc(Br)cc1C=NNc1nnc(C)n1N.Cl. The fourth-order valence-corrected chi connectivity index (χ4v) is 1.79. The van der Waals surface area contributed by atoms with Gasteiger partial charge in [-0.15, -0.1) is 22.6 Å². The zero-order valence-corrected chi connectivity index (χ0v) is 13.3. The molecule has 0 aliphatic carbocycles. The van der Waals surface area contributed by atoms with E-state index < -0.39 is 0 Å². The Kier molecular flexibility index (Phi) is 5.78. The van der Waals surface area contributed by atoms with Crippen LogP contribution in [0.2, 0.25) is 0 Å². The predicted molar refractivity (Wildman–Crippen MR) is 84.1 cm³/mol. The summed E-state index contributed by atoms with van der Waals surface area (Å²) in [6.45, 7) is 1.75. The molecule has 0 spiro atoms. The van der Waals surface area contributed by atoms with Crippen LogP contribution < -0.4 is 16.0 Å². The molecule has 0 amide bonds. The van der Waals surface area contributed by atoms with Crippen molar-refractivity contribution in [1.29, 1.82) is 0 Å². The number of rotatable bonds is 4. The number of nitrogens with one attached hydrogen (secondary N) is 1. The summed E-state index contributed by atoms with van der Waals surface area (Å²) in [7, 11) is 1.61. The Morgan fingerprint density at radius 3 is 2.80 bits per heavy atom. The molecule has 9 heteroatoms. The lowest BCUT2D eigenvalue weighted by Crippen LogP contribution is -2.13. The number of hydrazone groups is 1. The van der Waals surface area contributed by atoms with Crippen LogP contribution in [0.1, 0.15) is 11.4 Å². The lowest BCUT2D eigenvalue weighted by Gasteiger charge is -2.04. The number of nitrogen functional groups attached to an aromatic ring is 1. The van der Waals surface area contributed by atoms with Gasteiger partial charge in [0.1, 0.15) is 5.75 Å². The fraction of sp³-hybridized carbons (Fsp3) is 0.182. The zero-order valence-electron chi connectivity index (χ0n) is 10.9. The van der Waals surface area contributed by atoms with Crippen LogP contribution in [0.15, 0.2) is 27.8 Å². The highest BCUT2D eigenvalue weighted by Crippen LogP contribution is 2.21. The van der Waals surface area contributed by atoms with Gasteiger partial charge in [0.05, 0.1) is 13.3 Å². The largest absolute Gasteiger partial charge is 0.496 e. The Labute approximate surface area is 130 Å². The number of hydrogen-bond donors (Lipinski definition) is 2. The molecule has 0 aliphatic rings. The number of hydrogen-bond acceptors (Lipinski definition) is 6. The van der Waals surface area contributed by atoms with E-state index >= 15 is 0 Å². The number of aryl methyl sites for hydroxylation is 1. The standard InChI is InChI=1S/C11H13BrN6O.ClH/c1-7-15-17-11(18(7)13)16-14-6-8-5-9(12)3-4-10(8)19-2;/h3-6H,13H2,1-2H3,(H,16,17);1H. The number of ether oxygens (including phenoxy) is 1. The third-order valence-corrected chi connectivity index (χ3v) is 2.92. The lowest BCUT2D eigenvalue weighted by molar-refractivity contribution is 0.414. The van der Waals surface area contributed by atoms with E-state index in [1.54, 1.807) is 20.2 Å². The maximum absolute atomic E-state index is 5.69. The molecule has 1 heterocycles. The van der Waals surface area contributed by atoms with Crippen molar-refractivity contribution in [2.24, 2.45) is 5.10 Å². The molecular weight excluding hydrogens is 348 g/mol. The second-order valence-electron chi connectivity index (χ2n) is 3.70. The summed E-state index contributed by atoms with van der Waals surface area (Å²) in [4.78, 5) is 0. The zero-order chi connectivity index (χ0) is 13.8. The summed E-state index contributed by atoms with van der Waals surface area (Å²) in [5.41, 5.74) is 3.54. The van der Waals surface area contributed by atoms with Crippen molar-refractivity contribution in [3.63, 3.8) is 0 Å². The van der Waals surface area contributed by atoms with Crippen LogP contribution in [0.4, 0.5) is 5.95 Å². The molecule has 3 N–H and O–H groups in total. The van der Waals surface area contributed by atoms with Crippen LogP contribution in [-0.2, 0) is 0 Å². The highest BCUT2D eigenvalue weighted by atomic mass is 79.9. The van der Waals surface area contributed by atoms with Crippen molar-refractivity contribution in [3.05, 3.63) is 34.1 Å². The first-order valence-electron chi connectivity index (χ1n) is 5.41. The van der Waals surface area contributed by atoms with Gasteiger partial charge in [0.25, 0.3) is 5.95 Å². The van der Waals surface area contributed by atoms with Gasteiger partial charge in [-0.25, -0.2) is 10.1 Å². The van der Waals surface area contributed by atoms with Crippen LogP contribution >= 0.6 is 28.3 Å². The lowest BCUT2D eigenvalue weighted by atomic mass is 10.2. The van der Waals surface area contributed by atoms with Crippen LogP contribution in [0.3, 0.4) is 0 Å². The van der Waals surface area contributed by atoms with Crippen LogP contribution in [-0.4, -0.2) is 28.2 Å². The number of halogens is 2. The Balaban J connectivity index is 0.00000200. The fourth-order valence-electron chi connectivity index (χ4n) is 1.41. The van der Waals surface area contributed by atoms with Crippen LogP contribution in [0.5, 0.6) is 5.75 Å². The van der Waals surface area contributed by atoms with Crippen LogP contribution in [0.25, 0.3) is 0 Å². The number of nitrogens with zero attached hydrogens (tertiary/aromatic N) is 4. The van der Waals surface area contributed by atoms with Gasteiger partial charge in [-0.3, -0.25) is 0 Å². The monoisotopic (exact) mass is 360 g/mol. The molecule has 0 bridgehead atoms. The summed E-state index contributed by atoms with van der Waals surface area (Å²) in [5.74, 6) is 7.37. The molecule has 1 aromatic carbocycles. The molecule has 0 atom stereocenters. The molecule has 1 aromatic heterocycles. The maximum atomic E-state index is 5.69. The van der Waals surface area contributed by atoms with Gasteiger partial charge in [0.2, 0.25) is 0 Å². The second-order valence-corrected chi connectivity index (χ2v) is 4.61. The average Bonchev–Trinajstić information content (AvgIpc) is 2.71. The smallest absolute Gasteiger partial charge is 0.263 e. The van der Waals surface area contributed by atoms with Gasteiger partial charge in [-0.1, -0.05) is 15.9 Å². The van der Waals surface area contributed by atoms with E-state index in [-0.39, 0.29) is 12.4 Å². The molecular formula is C11H14BrClN6O. The maximum Gasteiger partial charge on any atom is 0.263 e. The first kappa shape index (κ1) is 16.3. The van der Waals surface area contributed by atoms with Crippen LogP contribution in [0, 0.1) is 6.92 Å². The molecule has 0 saturated carbocycles. The van der Waals surface area contributed by atoms with Gasteiger partial charge in [-0.2, -0.15) is 5.10 Å². The molecule has 0 saturated heterocycles. The summed E-state index contributed by atoms with van der Waals surface area (Å²) < 4.78 is 7.49. The molecule has 0 radical (unpaired) electrons. The Morgan fingerprint density at radius 1 is 1.45 bits per heavy atom. The number of aromatic nitrogens is 3. The van der Waals surface area contributed by atoms with E-state index in [4.69, 9.17) is 10.6 Å². The van der Waals surface area contributed by atoms with E-state index in [2.05, 4.69) is 36.7 Å². The summed E-state index contributed by atoms with van der Waals surface area (Å²) in [6, 6.07) is 5.63. The van der Waals surface area contributed by atoms with Gasteiger partial charge in [0.15, 0.2) is 5.82 Å². The molecule has 20 heavy (non-hydrogen) atoms. The Hall–Kier alpha value is -1.80. The molecule has 108 valence electrons. The summed E-state index contributed by atoms with van der Waals surface area (Å²) in [5, 5.41) is 11.7. The number of anilines is 1. The second kappa shape index (κ2) is 7.11. The highest BCUT2D eigenvalue weighted by Gasteiger charge is 2.04. The minimum atomic E-state index is 0. The summed E-state index contributed by atoms with van der Waals surface area (Å²) in [6.07, 6.45) is 1.62. The van der Waals surface area contributed by atoms with Crippen molar-refractivity contribution in [3.8, 4) is 5.75 Å². The van der Waals surface area contributed by atoms with E-state index in [0.29, 0.717) is 11.8 Å². The van der Waals surface area contributed by atoms with Crippen molar-refractivity contribution in [2.45, 2.75) is 6.92 Å². The van der Waals surface area contributed by atoms with E-state index in [1.165, 1.54) is 4.68 Å². The van der Waals surface area contributed by atoms with Crippen molar-refractivity contribution >= 4 is 40.5 Å². The molecule has 0 unspecified atom stereocenters. The molecule has 2 aromatic rings. The van der Waals surface area contributed by atoms with E-state index in [0.717, 1.165) is 15.8 Å². The third-order valence-electron chi connectivity index (χ3n) is 2.43. The van der Waals surface area contributed by atoms with E-state index in [1.807, 2.05) is 18.2 Å². The average molecular weight is 362 g/mol. The minimum absolute atomic E-state index is 0. The number of benzene rings is 1. The Bertz CT molecular complexity index is 615.